The van der Waals surface area contributed by atoms with E-state index in [4.69, 9.17) is 0 Å². The van der Waals surface area contributed by atoms with Crippen LogP contribution >= 0.6 is 0 Å². The Bertz CT molecular complexity index is 344. The molecule has 0 saturated heterocycles. The SMILES string of the molecule is CCC(C)C(CC)C(CC)c1c(C)cccc1C. The minimum absolute atomic E-state index is 0.728. The highest BCUT2D eigenvalue weighted by Gasteiger charge is 2.26. The fourth-order valence-electron chi connectivity index (χ4n) is 3.52. The summed E-state index contributed by atoms with van der Waals surface area (Å²) in [5.41, 5.74) is 4.57. The lowest BCUT2D eigenvalue weighted by Gasteiger charge is -2.32. The van der Waals surface area contributed by atoms with E-state index in [1.165, 1.54) is 30.4 Å². The van der Waals surface area contributed by atoms with Gasteiger partial charge in [-0.25, -0.2) is 0 Å². The highest BCUT2D eigenvalue weighted by Crippen LogP contribution is 2.39. The van der Waals surface area contributed by atoms with Crippen molar-refractivity contribution in [3.05, 3.63) is 34.9 Å². The van der Waals surface area contributed by atoms with Gasteiger partial charge in [0.2, 0.25) is 0 Å². The topological polar surface area (TPSA) is 0 Å². The van der Waals surface area contributed by atoms with E-state index < -0.39 is 0 Å². The molecule has 3 unspecified atom stereocenters. The predicted octanol–water partition coefficient (Wildman–Crippen LogP) is 5.87. The molecule has 0 saturated carbocycles. The Balaban J connectivity index is 3.15. The van der Waals surface area contributed by atoms with E-state index in [-0.39, 0.29) is 0 Å². The van der Waals surface area contributed by atoms with E-state index in [1.54, 1.807) is 5.56 Å². The standard InChI is InChI=1S/C18H30/c1-7-13(4)16(8-2)17(9-3)18-14(5)11-10-12-15(18)6/h10-13,16-17H,7-9H2,1-6H3. The van der Waals surface area contributed by atoms with E-state index in [0.717, 1.165) is 17.8 Å². The number of hydrogen-bond acceptors (Lipinski definition) is 0. The van der Waals surface area contributed by atoms with Crippen molar-refractivity contribution in [1.82, 2.24) is 0 Å². The lowest BCUT2D eigenvalue weighted by molar-refractivity contribution is 0.275. The summed E-state index contributed by atoms with van der Waals surface area (Å²) in [5.74, 6) is 2.37. The summed E-state index contributed by atoms with van der Waals surface area (Å²) >= 11 is 0. The molecule has 0 radical (unpaired) electrons. The maximum Gasteiger partial charge on any atom is -0.0129 e. The molecule has 0 aromatic heterocycles. The van der Waals surface area contributed by atoms with Gasteiger partial charge in [0, 0.05) is 0 Å². The molecule has 0 aliphatic heterocycles. The van der Waals surface area contributed by atoms with Crippen molar-refractivity contribution >= 4 is 0 Å². The second-order valence-electron chi connectivity index (χ2n) is 5.78. The lowest BCUT2D eigenvalue weighted by atomic mass is 9.73. The predicted molar refractivity (Wildman–Crippen MR) is 82.2 cm³/mol. The number of rotatable bonds is 6. The van der Waals surface area contributed by atoms with Crippen molar-refractivity contribution in [2.24, 2.45) is 11.8 Å². The number of hydrogen-bond donors (Lipinski definition) is 0. The zero-order valence-corrected chi connectivity index (χ0v) is 13.1. The zero-order valence-electron chi connectivity index (χ0n) is 13.1. The maximum absolute atomic E-state index is 2.42. The summed E-state index contributed by atoms with van der Waals surface area (Å²) in [6, 6.07) is 6.73. The van der Waals surface area contributed by atoms with Crippen LogP contribution in [-0.4, -0.2) is 0 Å². The Morgan fingerprint density at radius 2 is 1.44 bits per heavy atom. The summed E-state index contributed by atoms with van der Waals surface area (Å²) in [7, 11) is 0. The normalized spacial score (nSPS) is 16.3. The molecule has 1 aromatic carbocycles. The molecule has 0 heterocycles. The van der Waals surface area contributed by atoms with Crippen molar-refractivity contribution in [2.75, 3.05) is 0 Å². The molecule has 18 heavy (non-hydrogen) atoms. The van der Waals surface area contributed by atoms with Crippen LogP contribution in [0.25, 0.3) is 0 Å². The minimum atomic E-state index is 0.728. The summed E-state index contributed by atoms with van der Waals surface area (Å²) in [6.07, 6.45) is 3.84. The van der Waals surface area contributed by atoms with Gasteiger partial charge in [0.15, 0.2) is 0 Å². The first-order valence-electron chi connectivity index (χ1n) is 7.62. The van der Waals surface area contributed by atoms with E-state index in [0.29, 0.717) is 0 Å². The molecule has 0 spiro atoms. The third-order valence-corrected chi connectivity index (χ3v) is 4.72. The Morgan fingerprint density at radius 3 is 1.83 bits per heavy atom. The largest absolute Gasteiger partial charge is 0.0651 e. The first-order chi connectivity index (χ1) is 8.56. The quantitative estimate of drug-likeness (QED) is 0.589. The van der Waals surface area contributed by atoms with Crippen molar-refractivity contribution < 1.29 is 0 Å². The molecule has 1 rings (SSSR count). The van der Waals surface area contributed by atoms with Gasteiger partial charge < -0.3 is 0 Å². The van der Waals surface area contributed by atoms with Gasteiger partial charge in [-0.3, -0.25) is 0 Å². The average Bonchev–Trinajstić information content (AvgIpc) is 2.36. The molecule has 0 amide bonds. The average molecular weight is 246 g/mol. The van der Waals surface area contributed by atoms with Gasteiger partial charge in [-0.05, 0) is 54.7 Å². The fourth-order valence-corrected chi connectivity index (χ4v) is 3.52. The van der Waals surface area contributed by atoms with Crippen LogP contribution in [0.5, 0.6) is 0 Å². The third-order valence-electron chi connectivity index (χ3n) is 4.72. The summed E-state index contributed by atoms with van der Waals surface area (Å²) < 4.78 is 0. The molecule has 0 aliphatic carbocycles. The highest BCUT2D eigenvalue weighted by atomic mass is 14.3. The maximum atomic E-state index is 2.42. The summed E-state index contributed by atoms with van der Waals surface area (Å²) in [5, 5.41) is 0. The van der Waals surface area contributed by atoms with Gasteiger partial charge in [0.1, 0.15) is 0 Å². The number of aryl methyl sites for hydroxylation is 2. The van der Waals surface area contributed by atoms with Crippen molar-refractivity contribution in [1.29, 1.82) is 0 Å². The van der Waals surface area contributed by atoms with Crippen LogP contribution in [0.4, 0.5) is 0 Å². The summed E-state index contributed by atoms with van der Waals surface area (Å²) in [6.45, 7) is 14.0. The molecule has 102 valence electrons. The summed E-state index contributed by atoms with van der Waals surface area (Å²) in [4.78, 5) is 0. The van der Waals surface area contributed by atoms with Crippen LogP contribution in [0.1, 0.15) is 69.6 Å². The van der Waals surface area contributed by atoms with E-state index >= 15 is 0 Å². The van der Waals surface area contributed by atoms with E-state index in [1.807, 2.05) is 0 Å². The molecule has 0 N–H and O–H groups in total. The molecule has 3 atom stereocenters. The van der Waals surface area contributed by atoms with Crippen molar-refractivity contribution in [3.8, 4) is 0 Å². The molecular weight excluding hydrogens is 216 g/mol. The van der Waals surface area contributed by atoms with Gasteiger partial charge >= 0.3 is 0 Å². The van der Waals surface area contributed by atoms with Crippen LogP contribution in [0.2, 0.25) is 0 Å². The van der Waals surface area contributed by atoms with Crippen LogP contribution in [0.3, 0.4) is 0 Å². The molecule has 0 heteroatoms. The molecular formula is C18H30. The minimum Gasteiger partial charge on any atom is -0.0651 e. The number of benzene rings is 1. The van der Waals surface area contributed by atoms with Gasteiger partial charge in [0.05, 0.1) is 0 Å². The molecule has 0 aliphatic rings. The van der Waals surface area contributed by atoms with Gasteiger partial charge in [0.25, 0.3) is 0 Å². The smallest absolute Gasteiger partial charge is 0.0129 e. The molecule has 0 nitrogen and oxygen atoms in total. The highest BCUT2D eigenvalue weighted by molar-refractivity contribution is 5.37. The lowest BCUT2D eigenvalue weighted by Crippen LogP contribution is -2.20. The second kappa shape index (κ2) is 6.97. The zero-order chi connectivity index (χ0) is 13.7. The second-order valence-corrected chi connectivity index (χ2v) is 5.78. The van der Waals surface area contributed by atoms with Gasteiger partial charge in [-0.1, -0.05) is 58.7 Å². The van der Waals surface area contributed by atoms with Gasteiger partial charge in [-0.15, -0.1) is 0 Å². The van der Waals surface area contributed by atoms with Crippen LogP contribution in [-0.2, 0) is 0 Å². The first-order valence-corrected chi connectivity index (χ1v) is 7.62. The Morgan fingerprint density at radius 1 is 0.889 bits per heavy atom. The fraction of sp³-hybridized carbons (Fsp3) is 0.667. The van der Waals surface area contributed by atoms with E-state index in [2.05, 4.69) is 59.7 Å². The van der Waals surface area contributed by atoms with Gasteiger partial charge in [-0.2, -0.15) is 0 Å². The van der Waals surface area contributed by atoms with Crippen LogP contribution in [0, 0.1) is 25.7 Å². The molecule has 1 aromatic rings. The Kier molecular flexibility index (Phi) is 5.91. The van der Waals surface area contributed by atoms with E-state index in [9.17, 15) is 0 Å². The third kappa shape index (κ3) is 3.16. The molecule has 0 fully saturated rings. The van der Waals surface area contributed by atoms with Crippen molar-refractivity contribution in [2.45, 2.75) is 66.7 Å². The monoisotopic (exact) mass is 246 g/mol. The van der Waals surface area contributed by atoms with Crippen LogP contribution in [0.15, 0.2) is 18.2 Å². The molecule has 0 bridgehead atoms. The van der Waals surface area contributed by atoms with Crippen LogP contribution < -0.4 is 0 Å². The first kappa shape index (κ1) is 15.3. The van der Waals surface area contributed by atoms with Crippen molar-refractivity contribution in [3.63, 3.8) is 0 Å². The Labute approximate surface area is 114 Å². The Hall–Kier alpha value is -0.780.